The number of nitrogens with zero attached hydrogens (tertiary/aromatic N) is 3. The number of halogens is 3. The van der Waals surface area contributed by atoms with Crippen LogP contribution in [0, 0.1) is 0 Å². The fourth-order valence-corrected chi connectivity index (χ4v) is 3.48. The van der Waals surface area contributed by atoms with Gasteiger partial charge in [0.25, 0.3) is 0 Å². The first-order valence-corrected chi connectivity index (χ1v) is 10.3. The molecule has 0 spiro atoms. The summed E-state index contributed by atoms with van der Waals surface area (Å²) >= 11 is 0. The third-order valence-corrected chi connectivity index (χ3v) is 5.25. The average Bonchev–Trinajstić information content (AvgIpc) is 3.11. The van der Waals surface area contributed by atoms with Crippen LogP contribution in [0.15, 0.2) is 52.7 Å². The minimum atomic E-state index is -4.44. The van der Waals surface area contributed by atoms with E-state index in [9.17, 15) is 23.1 Å². The molecule has 33 heavy (non-hydrogen) atoms. The smallest absolute Gasteiger partial charge is 0.416 e. The van der Waals surface area contributed by atoms with Crippen molar-refractivity contribution in [1.29, 1.82) is 0 Å². The maximum atomic E-state index is 12.7. The van der Waals surface area contributed by atoms with Crippen molar-refractivity contribution in [3.8, 4) is 5.88 Å². The molecule has 1 aliphatic rings. The fourth-order valence-electron chi connectivity index (χ4n) is 3.48. The second kappa shape index (κ2) is 9.59. The van der Waals surface area contributed by atoms with E-state index < -0.39 is 11.7 Å². The average molecular weight is 461 g/mol. The number of nitrogens with one attached hydrogen (secondary N) is 2. The summed E-state index contributed by atoms with van der Waals surface area (Å²) in [4.78, 5) is 17.3. The van der Waals surface area contributed by atoms with Crippen LogP contribution in [0.3, 0.4) is 0 Å². The number of hydrogen-bond acceptors (Lipinski definition) is 6. The Morgan fingerprint density at radius 3 is 2.55 bits per heavy atom. The van der Waals surface area contributed by atoms with Gasteiger partial charge in [-0.3, -0.25) is 9.69 Å². The number of hydrogen-bond donors (Lipinski definition) is 3. The number of alkyl halides is 3. The van der Waals surface area contributed by atoms with Crippen molar-refractivity contribution in [2.75, 3.05) is 38.2 Å². The summed E-state index contributed by atoms with van der Waals surface area (Å²) in [5.74, 6) is -0.384. The molecule has 1 aromatic heterocycles. The maximum Gasteiger partial charge on any atom is 0.416 e. The number of anilines is 1. The Hall–Kier alpha value is -3.44. The predicted octanol–water partition coefficient (Wildman–Crippen LogP) is 4.97. The number of aromatic hydroxyl groups is 1. The number of H-pyrrole nitrogens is 1. The molecule has 1 fully saturated rings. The molecule has 2 aromatic carbocycles. The van der Waals surface area contributed by atoms with Crippen molar-refractivity contribution < 1.29 is 27.8 Å². The van der Waals surface area contributed by atoms with Crippen molar-refractivity contribution in [1.82, 2.24) is 9.88 Å². The van der Waals surface area contributed by atoms with Gasteiger partial charge in [0.2, 0.25) is 11.8 Å². The summed E-state index contributed by atoms with van der Waals surface area (Å²) in [6, 6.07) is 9.24. The van der Waals surface area contributed by atoms with Crippen LogP contribution in [-0.4, -0.2) is 53.7 Å². The number of aromatic amines is 1. The Bertz CT molecular complexity index is 1150. The van der Waals surface area contributed by atoms with Gasteiger partial charge in [-0.2, -0.15) is 18.3 Å². The molecular weight excluding hydrogens is 439 g/mol. The Balaban J connectivity index is 1.46. The summed E-state index contributed by atoms with van der Waals surface area (Å²) in [6.45, 7) is 3.57. The first-order chi connectivity index (χ1) is 15.8. The molecule has 0 radical (unpaired) electrons. The van der Waals surface area contributed by atoms with Crippen LogP contribution in [0.1, 0.15) is 12.0 Å². The topological polar surface area (TPSA) is 102 Å². The number of azo groups is 1. The molecule has 1 aliphatic heterocycles. The molecule has 1 amide bonds. The third-order valence-electron chi connectivity index (χ3n) is 5.25. The van der Waals surface area contributed by atoms with Gasteiger partial charge in [0.1, 0.15) is 0 Å². The number of ether oxygens (including phenoxy) is 1. The van der Waals surface area contributed by atoms with E-state index in [1.54, 1.807) is 18.2 Å². The Morgan fingerprint density at radius 2 is 1.85 bits per heavy atom. The van der Waals surface area contributed by atoms with Gasteiger partial charge < -0.3 is 20.1 Å². The standard InChI is InChI=1S/C22H22F3N5O3/c23-22(24,25)14-1-3-15(4-2-14)28-29-20-17-13-16(5-6-18(17)27-21(20)32)26-19(31)7-8-30-9-11-33-12-10-30/h1-6,13,27,32H,7-12H2,(H,26,31). The van der Waals surface area contributed by atoms with Gasteiger partial charge in [-0.05, 0) is 42.5 Å². The molecule has 0 unspecified atom stereocenters. The van der Waals surface area contributed by atoms with Gasteiger partial charge in [-0.1, -0.05) is 0 Å². The van der Waals surface area contributed by atoms with E-state index in [0.717, 1.165) is 25.2 Å². The van der Waals surface area contributed by atoms with Crippen LogP contribution in [-0.2, 0) is 15.7 Å². The molecular formula is C22H22F3N5O3. The highest BCUT2D eigenvalue weighted by molar-refractivity contribution is 5.99. The molecule has 0 aliphatic carbocycles. The van der Waals surface area contributed by atoms with Crippen LogP contribution in [0.2, 0.25) is 0 Å². The molecule has 0 atom stereocenters. The minimum Gasteiger partial charge on any atom is -0.493 e. The summed E-state index contributed by atoms with van der Waals surface area (Å²) in [7, 11) is 0. The highest BCUT2D eigenvalue weighted by Gasteiger charge is 2.29. The second-order valence-electron chi connectivity index (χ2n) is 7.58. The largest absolute Gasteiger partial charge is 0.493 e. The number of carbonyl (C=O) groups excluding carboxylic acids is 1. The highest BCUT2D eigenvalue weighted by atomic mass is 19.4. The summed E-state index contributed by atoms with van der Waals surface area (Å²) in [5.41, 5.74) is 0.628. The van der Waals surface area contributed by atoms with Gasteiger partial charge in [-0.15, -0.1) is 5.11 Å². The monoisotopic (exact) mass is 461 g/mol. The highest BCUT2D eigenvalue weighted by Crippen LogP contribution is 2.38. The Labute approximate surface area is 187 Å². The van der Waals surface area contributed by atoms with Crippen LogP contribution >= 0.6 is 0 Å². The van der Waals surface area contributed by atoms with Gasteiger partial charge >= 0.3 is 6.18 Å². The van der Waals surface area contributed by atoms with E-state index in [-0.39, 0.29) is 23.2 Å². The summed E-state index contributed by atoms with van der Waals surface area (Å²) in [5, 5.41) is 21.5. The molecule has 8 nitrogen and oxygen atoms in total. The lowest BCUT2D eigenvalue weighted by Crippen LogP contribution is -2.38. The SMILES string of the molecule is O=C(CCN1CCOCC1)Nc1ccc2[nH]c(O)c(N=Nc3ccc(C(F)(F)F)cc3)c2c1. The zero-order chi connectivity index (χ0) is 23.4. The first kappa shape index (κ1) is 22.7. The number of morpholine rings is 1. The number of benzene rings is 2. The van der Waals surface area contributed by atoms with Crippen molar-refractivity contribution in [2.24, 2.45) is 10.2 Å². The molecule has 2 heterocycles. The fraction of sp³-hybridized carbons (Fsp3) is 0.318. The Morgan fingerprint density at radius 1 is 1.12 bits per heavy atom. The van der Waals surface area contributed by atoms with Crippen LogP contribution in [0.5, 0.6) is 5.88 Å². The van der Waals surface area contributed by atoms with Crippen molar-refractivity contribution >= 4 is 33.9 Å². The number of carbonyl (C=O) groups is 1. The normalized spacial score (nSPS) is 15.4. The molecule has 11 heteroatoms. The van der Waals surface area contributed by atoms with Gasteiger partial charge in [0.05, 0.1) is 30.0 Å². The molecule has 1 saturated heterocycles. The van der Waals surface area contributed by atoms with Gasteiger partial charge in [0, 0.05) is 37.1 Å². The van der Waals surface area contributed by atoms with Crippen molar-refractivity contribution in [3.05, 3.63) is 48.0 Å². The zero-order valence-corrected chi connectivity index (χ0v) is 17.5. The van der Waals surface area contributed by atoms with E-state index >= 15 is 0 Å². The summed E-state index contributed by atoms with van der Waals surface area (Å²) in [6.07, 6.45) is -4.11. The van der Waals surface area contributed by atoms with Crippen molar-refractivity contribution in [3.63, 3.8) is 0 Å². The van der Waals surface area contributed by atoms with Gasteiger partial charge in [-0.25, -0.2) is 0 Å². The molecule has 0 saturated carbocycles. The minimum absolute atomic E-state index is 0.120. The third kappa shape index (κ3) is 5.68. The first-order valence-electron chi connectivity index (χ1n) is 10.3. The number of amides is 1. The molecule has 4 rings (SSSR count). The van der Waals surface area contributed by atoms with Crippen LogP contribution in [0.4, 0.5) is 30.2 Å². The van der Waals surface area contributed by atoms with E-state index in [2.05, 4.69) is 25.4 Å². The van der Waals surface area contributed by atoms with E-state index in [1.807, 2.05) is 0 Å². The zero-order valence-electron chi connectivity index (χ0n) is 17.5. The second-order valence-corrected chi connectivity index (χ2v) is 7.58. The molecule has 174 valence electrons. The molecule has 3 N–H and O–H groups in total. The van der Waals surface area contributed by atoms with Crippen LogP contribution < -0.4 is 5.32 Å². The maximum absolute atomic E-state index is 12.7. The molecule has 3 aromatic rings. The lowest BCUT2D eigenvalue weighted by molar-refractivity contribution is -0.137. The predicted molar refractivity (Wildman–Crippen MR) is 116 cm³/mol. The van der Waals surface area contributed by atoms with E-state index in [1.165, 1.54) is 12.1 Å². The molecule has 0 bridgehead atoms. The quantitative estimate of drug-likeness (QED) is 0.451. The lowest BCUT2D eigenvalue weighted by Gasteiger charge is -2.26. The van der Waals surface area contributed by atoms with Crippen LogP contribution in [0.25, 0.3) is 10.9 Å². The van der Waals surface area contributed by atoms with E-state index in [0.29, 0.717) is 42.8 Å². The Kier molecular flexibility index (Phi) is 6.61. The van der Waals surface area contributed by atoms with Crippen molar-refractivity contribution in [2.45, 2.75) is 12.6 Å². The summed E-state index contributed by atoms with van der Waals surface area (Å²) < 4.78 is 43.4. The number of aromatic nitrogens is 1. The lowest BCUT2D eigenvalue weighted by atomic mass is 10.2. The van der Waals surface area contributed by atoms with Gasteiger partial charge in [0.15, 0.2) is 5.69 Å². The number of rotatable bonds is 6. The number of fused-ring (bicyclic) bond motifs is 1. The van der Waals surface area contributed by atoms with E-state index in [4.69, 9.17) is 4.74 Å².